The number of hydrogen-bond donors (Lipinski definition) is 1. The van der Waals surface area contributed by atoms with E-state index in [0.717, 1.165) is 12.1 Å². The molecule has 0 unspecified atom stereocenters. The molecule has 1 aliphatic carbocycles. The number of nitrogens with zero attached hydrogens (tertiary/aromatic N) is 1. The summed E-state index contributed by atoms with van der Waals surface area (Å²) >= 11 is 0. The molecule has 1 aliphatic rings. The number of halogens is 5. The van der Waals surface area contributed by atoms with Crippen LogP contribution in [-0.2, 0) is 16.0 Å². The van der Waals surface area contributed by atoms with E-state index in [1.165, 1.54) is 0 Å². The SMILES string of the molecule is C[C@]1(O)CC[C@@H](CS(=O)(=O)c2ccc(-c3ncc(F)cc3F)cc2C(F)(F)F)CC1. The zero-order chi connectivity index (χ0) is 22.3. The number of sulfone groups is 1. The fourth-order valence-corrected chi connectivity index (χ4v) is 5.58. The minimum atomic E-state index is -5.01. The Morgan fingerprint density at radius 1 is 1.17 bits per heavy atom. The van der Waals surface area contributed by atoms with Gasteiger partial charge in [-0.05, 0) is 50.7 Å². The van der Waals surface area contributed by atoms with E-state index in [2.05, 4.69) is 4.98 Å². The van der Waals surface area contributed by atoms with Crippen LogP contribution in [0.2, 0.25) is 0 Å². The summed E-state index contributed by atoms with van der Waals surface area (Å²) in [7, 11) is -4.30. The molecule has 4 nitrogen and oxygen atoms in total. The normalized spacial score (nSPS) is 22.8. The molecule has 0 saturated heterocycles. The van der Waals surface area contributed by atoms with Crippen molar-refractivity contribution in [2.24, 2.45) is 5.92 Å². The van der Waals surface area contributed by atoms with Gasteiger partial charge >= 0.3 is 6.18 Å². The van der Waals surface area contributed by atoms with E-state index in [0.29, 0.717) is 44.0 Å². The summed E-state index contributed by atoms with van der Waals surface area (Å²) in [5, 5.41) is 9.98. The maximum Gasteiger partial charge on any atom is 0.417 e. The van der Waals surface area contributed by atoms with E-state index in [1.807, 2.05) is 0 Å². The third kappa shape index (κ3) is 4.97. The topological polar surface area (TPSA) is 67.3 Å². The van der Waals surface area contributed by atoms with Crippen LogP contribution < -0.4 is 0 Å². The molecule has 0 atom stereocenters. The van der Waals surface area contributed by atoms with E-state index in [4.69, 9.17) is 0 Å². The van der Waals surface area contributed by atoms with Gasteiger partial charge < -0.3 is 5.11 Å². The molecule has 0 amide bonds. The molecule has 3 rings (SSSR count). The zero-order valence-corrected chi connectivity index (χ0v) is 16.8. The van der Waals surface area contributed by atoms with Gasteiger partial charge in [-0.1, -0.05) is 6.07 Å². The van der Waals surface area contributed by atoms with Crippen molar-refractivity contribution in [1.29, 1.82) is 0 Å². The lowest BCUT2D eigenvalue weighted by Gasteiger charge is -2.33. The summed E-state index contributed by atoms with van der Waals surface area (Å²) in [6.07, 6.45) is -2.84. The highest BCUT2D eigenvalue weighted by atomic mass is 32.2. The third-order valence-electron chi connectivity index (χ3n) is 5.34. The monoisotopic (exact) mass is 449 g/mol. The van der Waals surface area contributed by atoms with Crippen molar-refractivity contribution in [2.45, 2.75) is 49.3 Å². The molecule has 0 spiro atoms. The fraction of sp³-hybridized carbons (Fsp3) is 0.450. The minimum Gasteiger partial charge on any atom is -0.390 e. The molecule has 1 fully saturated rings. The van der Waals surface area contributed by atoms with Crippen molar-refractivity contribution >= 4 is 9.84 Å². The standard InChI is InChI=1S/C20H20F5NO3S/c1-19(27)6-4-12(5-7-19)11-30(28,29)17-3-2-13(8-15(17)20(23,24)25)18-16(22)9-14(21)10-26-18/h2-3,8-10,12,27H,4-7,11H2,1H3/t12-,19+. The van der Waals surface area contributed by atoms with Crippen LogP contribution in [0.15, 0.2) is 35.4 Å². The molecule has 0 radical (unpaired) electrons. The first kappa shape index (κ1) is 22.6. The number of aliphatic hydroxyl groups is 1. The quantitative estimate of drug-likeness (QED) is 0.684. The second kappa shape index (κ2) is 7.88. The van der Waals surface area contributed by atoms with E-state index in [1.54, 1.807) is 6.92 Å². The summed E-state index contributed by atoms with van der Waals surface area (Å²) < 4.78 is 93.5. The van der Waals surface area contributed by atoms with Crippen LogP contribution in [0.4, 0.5) is 22.0 Å². The smallest absolute Gasteiger partial charge is 0.390 e. The molecule has 1 N–H and O–H groups in total. The average molecular weight is 449 g/mol. The van der Waals surface area contributed by atoms with Crippen molar-refractivity contribution in [3.05, 3.63) is 47.7 Å². The number of rotatable bonds is 4. The minimum absolute atomic E-state index is 0.313. The number of hydrogen-bond acceptors (Lipinski definition) is 4. The Morgan fingerprint density at radius 3 is 2.37 bits per heavy atom. The highest BCUT2D eigenvalue weighted by Crippen LogP contribution is 2.39. The largest absolute Gasteiger partial charge is 0.417 e. The first-order chi connectivity index (χ1) is 13.8. The Morgan fingerprint density at radius 2 is 1.80 bits per heavy atom. The van der Waals surface area contributed by atoms with Crippen LogP contribution in [-0.4, -0.2) is 29.9 Å². The van der Waals surface area contributed by atoms with Gasteiger partial charge in [0.15, 0.2) is 15.7 Å². The van der Waals surface area contributed by atoms with Gasteiger partial charge in [0.25, 0.3) is 0 Å². The average Bonchev–Trinajstić information content (AvgIpc) is 2.62. The molecule has 2 aromatic rings. The summed E-state index contributed by atoms with van der Waals surface area (Å²) in [6.45, 7) is 1.64. The highest BCUT2D eigenvalue weighted by Gasteiger charge is 2.39. The zero-order valence-electron chi connectivity index (χ0n) is 16.0. The van der Waals surface area contributed by atoms with Gasteiger partial charge in [-0.3, -0.25) is 4.98 Å². The Kier molecular flexibility index (Phi) is 5.94. The molecule has 1 aromatic heterocycles. The van der Waals surface area contributed by atoms with Gasteiger partial charge in [0.2, 0.25) is 0 Å². The van der Waals surface area contributed by atoms with Crippen molar-refractivity contribution in [2.75, 3.05) is 5.75 Å². The summed E-state index contributed by atoms with van der Waals surface area (Å²) in [4.78, 5) is 2.59. The number of alkyl halides is 3. The number of benzene rings is 1. The molecule has 0 aliphatic heterocycles. The van der Waals surface area contributed by atoms with Crippen LogP contribution in [0.3, 0.4) is 0 Å². The summed E-state index contributed by atoms with van der Waals surface area (Å²) in [5.41, 5.74) is -3.15. The van der Waals surface area contributed by atoms with E-state index in [9.17, 15) is 35.5 Å². The second-order valence-electron chi connectivity index (χ2n) is 7.91. The van der Waals surface area contributed by atoms with Crippen LogP contribution in [0.5, 0.6) is 0 Å². The molecular weight excluding hydrogens is 429 g/mol. The molecule has 0 bridgehead atoms. The lowest BCUT2D eigenvalue weighted by Crippen LogP contribution is -2.33. The number of aromatic nitrogens is 1. The predicted octanol–water partition coefficient (Wildman–Crippen LogP) is 4.76. The van der Waals surface area contributed by atoms with Gasteiger partial charge in [-0.2, -0.15) is 13.2 Å². The molecule has 164 valence electrons. The predicted molar refractivity (Wildman–Crippen MR) is 99.2 cm³/mol. The van der Waals surface area contributed by atoms with Crippen LogP contribution in [0.1, 0.15) is 38.2 Å². The van der Waals surface area contributed by atoms with Gasteiger partial charge in [0, 0.05) is 11.6 Å². The molecule has 1 heterocycles. The lowest BCUT2D eigenvalue weighted by molar-refractivity contribution is -0.139. The fourth-order valence-electron chi connectivity index (χ4n) is 3.66. The first-order valence-electron chi connectivity index (χ1n) is 9.26. The lowest BCUT2D eigenvalue weighted by atomic mass is 9.81. The van der Waals surface area contributed by atoms with Gasteiger partial charge in [0.1, 0.15) is 11.5 Å². The van der Waals surface area contributed by atoms with Crippen molar-refractivity contribution < 1.29 is 35.5 Å². The van der Waals surface area contributed by atoms with Gasteiger partial charge in [0.05, 0.1) is 28.0 Å². The maximum absolute atomic E-state index is 13.9. The van der Waals surface area contributed by atoms with E-state index < -0.39 is 55.2 Å². The van der Waals surface area contributed by atoms with Crippen LogP contribution >= 0.6 is 0 Å². The molecule has 30 heavy (non-hydrogen) atoms. The Labute approximate surface area is 170 Å². The summed E-state index contributed by atoms with van der Waals surface area (Å²) in [5.74, 6) is -2.99. The second-order valence-corrected chi connectivity index (χ2v) is 9.92. The van der Waals surface area contributed by atoms with Crippen molar-refractivity contribution in [3.8, 4) is 11.3 Å². The molecule has 10 heteroatoms. The Bertz CT molecular complexity index is 1040. The van der Waals surface area contributed by atoms with Crippen molar-refractivity contribution in [3.63, 3.8) is 0 Å². The Balaban J connectivity index is 1.98. The third-order valence-corrected chi connectivity index (χ3v) is 7.28. The van der Waals surface area contributed by atoms with Crippen LogP contribution in [0, 0.1) is 17.6 Å². The summed E-state index contributed by atoms with van der Waals surface area (Å²) in [6, 6.07) is 2.81. The van der Waals surface area contributed by atoms with E-state index in [-0.39, 0.29) is 11.5 Å². The maximum atomic E-state index is 13.9. The van der Waals surface area contributed by atoms with E-state index >= 15 is 0 Å². The molecule has 1 saturated carbocycles. The Hall–Kier alpha value is -2.07. The highest BCUT2D eigenvalue weighted by molar-refractivity contribution is 7.91. The molecule has 1 aromatic carbocycles. The first-order valence-corrected chi connectivity index (χ1v) is 10.9. The molecular formula is C20H20F5NO3S. The van der Waals surface area contributed by atoms with Gasteiger partial charge in [-0.25, -0.2) is 17.2 Å². The van der Waals surface area contributed by atoms with Crippen molar-refractivity contribution in [1.82, 2.24) is 4.98 Å². The van der Waals surface area contributed by atoms with Gasteiger partial charge in [-0.15, -0.1) is 0 Å². The van der Waals surface area contributed by atoms with Crippen LogP contribution in [0.25, 0.3) is 11.3 Å². The number of pyridine rings is 1.